The lowest BCUT2D eigenvalue weighted by Gasteiger charge is -2.20. The molecule has 1 rings (SSSR count). The van der Waals surface area contributed by atoms with Gasteiger partial charge >= 0.3 is 5.97 Å². The Morgan fingerprint density at radius 1 is 1.32 bits per heavy atom. The second-order valence-electron chi connectivity index (χ2n) is 4.69. The van der Waals surface area contributed by atoms with E-state index in [-0.39, 0.29) is 18.2 Å². The zero-order valence-electron chi connectivity index (χ0n) is 11.2. The van der Waals surface area contributed by atoms with Gasteiger partial charge in [-0.15, -0.1) is 0 Å². The number of nitrogens with two attached hydrogens (primary N) is 1. The fraction of sp³-hybridized carbons (Fsp3) is 0.429. The molecule has 0 saturated heterocycles. The van der Waals surface area contributed by atoms with E-state index in [0.29, 0.717) is 12.1 Å². The number of carbonyl (C=O) groups excluding carboxylic acids is 1. The van der Waals surface area contributed by atoms with Gasteiger partial charge < -0.3 is 16.2 Å². The van der Waals surface area contributed by atoms with Gasteiger partial charge in [0.15, 0.2) is 0 Å². The van der Waals surface area contributed by atoms with Gasteiger partial charge in [-0.1, -0.05) is 32.4 Å². The van der Waals surface area contributed by atoms with Crippen LogP contribution in [0, 0.1) is 5.92 Å². The van der Waals surface area contributed by atoms with Crippen molar-refractivity contribution < 1.29 is 14.7 Å². The Kier molecular flexibility index (Phi) is 5.36. The molecule has 1 aromatic rings. The fourth-order valence-corrected chi connectivity index (χ4v) is 1.73. The highest BCUT2D eigenvalue weighted by atomic mass is 16.4. The van der Waals surface area contributed by atoms with Crippen LogP contribution >= 0.6 is 0 Å². The molecule has 4 N–H and O–H groups in total. The van der Waals surface area contributed by atoms with E-state index in [9.17, 15) is 9.59 Å². The highest BCUT2D eigenvalue weighted by Crippen LogP contribution is 2.09. The van der Waals surface area contributed by atoms with E-state index in [1.165, 1.54) is 0 Å². The molecule has 0 saturated carbocycles. The van der Waals surface area contributed by atoms with E-state index >= 15 is 0 Å². The van der Waals surface area contributed by atoms with Crippen LogP contribution in [0.3, 0.4) is 0 Å². The first kappa shape index (κ1) is 15.0. The minimum atomic E-state index is -1.000. The van der Waals surface area contributed by atoms with Crippen molar-refractivity contribution in [2.45, 2.75) is 32.7 Å². The molecule has 0 spiro atoms. The highest BCUT2D eigenvalue weighted by Gasteiger charge is 2.25. The van der Waals surface area contributed by atoms with Crippen molar-refractivity contribution in [3.63, 3.8) is 0 Å². The van der Waals surface area contributed by atoms with Crippen molar-refractivity contribution in [1.82, 2.24) is 5.32 Å². The van der Waals surface area contributed by atoms with E-state index in [1.54, 1.807) is 24.3 Å². The smallest absolute Gasteiger partial charge is 0.326 e. The molecule has 0 aliphatic heterocycles. The molecule has 5 heteroatoms. The number of hydrogen-bond donors (Lipinski definition) is 3. The van der Waals surface area contributed by atoms with Crippen LogP contribution in [0.2, 0.25) is 0 Å². The number of aliphatic carboxylic acids is 1. The van der Waals surface area contributed by atoms with Crippen LogP contribution in [0.1, 0.15) is 25.8 Å². The van der Waals surface area contributed by atoms with E-state index in [4.69, 9.17) is 10.8 Å². The van der Waals surface area contributed by atoms with Gasteiger partial charge in [0.2, 0.25) is 5.91 Å². The summed E-state index contributed by atoms with van der Waals surface area (Å²) in [6.45, 7) is 3.70. The van der Waals surface area contributed by atoms with E-state index in [2.05, 4.69) is 5.32 Å². The summed E-state index contributed by atoms with van der Waals surface area (Å²) in [6, 6.07) is 6.10. The number of rotatable bonds is 6. The van der Waals surface area contributed by atoms with Gasteiger partial charge in [0, 0.05) is 5.69 Å². The summed E-state index contributed by atoms with van der Waals surface area (Å²) >= 11 is 0. The lowest BCUT2D eigenvalue weighted by molar-refractivity contribution is -0.143. The Morgan fingerprint density at radius 2 is 1.89 bits per heavy atom. The summed E-state index contributed by atoms with van der Waals surface area (Å²) in [5.41, 5.74) is 6.99. The number of nitrogen functional groups attached to an aromatic ring is 1. The number of anilines is 1. The van der Waals surface area contributed by atoms with Crippen LogP contribution in [0.15, 0.2) is 24.3 Å². The third-order valence-electron chi connectivity index (χ3n) is 3.14. The fourth-order valence-electron chi connectivity index (χ4n) is 1.73. The third kappa shape index (κ3) is 4.62. The Balaban J connectivity index is 2.62. The largest absolute Gasteiger partial charge is 0.480 e. The number of carboxylic acid groups (broad SMARTS) is 1. The molecule has 0 aliphatic carbocycles. The molecule has 0 bridgehead atoms. The minimum absolute atomic E-state index is 0.104. The number of nitrogens with one attached hydrogen (secondary N) is 1. The van der Waals surface area contributed by atoms with Crippen LogP contribution in [-0.2, 0) is 16.0 Å². The lowest BCUT2D eigenvalue weighted by Crippen LogP contribution is -2.45. The monoisotopic (exact) mass is 264 g/mol. The molecular formula is C14H20N2O3. The van der Waals surface area contributed by atoms with Crippen molar-refractivity contribution in [3.8, 4) is 0 Å². The first-order valence-electron chi connectivity index (χ1n) is 6.30. The van der Waals surface area contributed by atoms with Gasteiger partial charge in [-0.25, -0.2) is 4.79 Å². The quantitative estimate of drug-likeness (QED) is 0.678. The molecule has 0 fully saturated rings. The van der Waals surface area contributed by atoms with Gasteiger partial charge in [-0.2, -0.15) is 0 Å². The first-order chi connectivity index (χ1) is 8.93. The van der Waals surface area contributed by atoms with Crippen LogP contribution in [0.5, 0.6) is 0 Å². The highest BCUT2D eigenvalue weighted by molar-refractivity contribution is 5.85. The summed E-state index contributed by atoms with van der Waals surface area (Å²) in [4.78, 5) is 22.9. The van der Waals surface area contributed by atoms with E-state index in [1.807, 2.05) is 13.8 Å². The van der Waals surface area contributed by atoms with Crippen molar-refractivity contribution in [2.24, 2.45) is 5.92 Å². The molecular weight excluding hydrogens is 244 g/mol. The topological polar surface area (TPSA) is 92.4 Å². The van der Waals surface area contributed by atoms with Crippen LogP contribution < -0.4 is 11.1 Å². The molecule has 1 aromatic carbocycles. The second kappa shape index (κ2) is 6.78. The van der Waals surface area contributed by atoms with Gasteiger partial charge in [-0.05, 0) is 23.6 Å². The average Bonchev–Trinajstić information content (AvgIpc) is 2.37. The first-order valence-corrected chi connectivity index (χ1v) is 6.30. The molecule has 0 aliphatic rings. The Bertz CT molecular complexity index is 443. The third-order valence-corrected chi connectivity index (χ3v) is 3.14. The molecule has 0 aromatic heterocycles. The van der Waals surface area contributed by atoms with Gasteiger partial charge in [0.05, 0.1) is 6.42 Å². The summed E-state index contributed by atoms with van der Waals surface area (Å²) in [6.07, 6.45) is 0.847. The summed E-state index contributed by atoms with van der Waals surface area (Å²) in [7, 11) is 0. The standard InChI is InChI=1S/C14H20N2O3/c1-3-9(2)13(14(18)19)16-12(17)8-10-4-6-11(15)7-5-10/h4-7,9,13H,3,8,15H2,1-2H3,(H,16,17)(H,18,19)/t9?,13-/m0/s1. The van der Waals surface area contributed by atoms with Crippen molar-refractivity contribution in [3.05, 3.63) is 29.8 Å². The molecule has 0 radical (unpaired) electrons. The van der Waals surface area contributed by atoms with Crippen molar-refractivity contribution in [2.75, 3.05) is 5.73 Å². The van der Waals surface area contributed by atoms with Crippen molar-refractivity contribution in [1.29, 1.82) is 0 Å². The molecule has 104 valence electrons. The predicted molar refractivity (Wildman–Crippen MR) is 73.6 cm³/mol. The Labute approximate surface area is 112 Å². The maximum absolute atomic E-state index is 11.8. The minimum Gasteiger partial charge on any atom is -0.480 e. The molecule has 0 heterocycles. The van der Waals surface area contributed by atoms with Gasteiger partial charge in [0.1, 0.15) is 6.04 Å². The summed E-state index contributed by atoms with van der Waals surface area (Å²) < 4.78 is 0. The maximum atomic E-state index is 11.8. The maximum Gasteiger partial charge on any atom is 0.326 e. The lowest BCUT2D eigenvalue weighted by atomic mass is 9.99. The van der Waals surface area contributed by atoms with E-state index < -0.39 is 12.0 Å². The molecule has 5 nitrogen and oxygen atoms in total. The summed E-state index contributed by atoms with van der Waals surface area (Å²) in [5, 5.41) is 11.7. The average molecular weight is 264 g/mol. The number of amides is 1. The molecule has 2 atom stereocenters. The molecule has 1 unspecified atom stereocenters. The number of benzene rings is 1. The second-order valence-corrected chi connectivity index (χ2v) is 4.69. The molecule has 19 heavy (non-hydrogen) atoms. The Hall–Kier alpha value is -2.04. The zero-order chi connectivity index (χ0) is 14.4. The molecule has 1 amide bonds. The Morgan fingerprint density at radius 3 is 2.37 bits per heavy atom. The van der Waals surface area contributed by atoms with Crippen LogP contribution in [0.25, 0.3) is 0 Å². The zero-order valence-corrected chi connectivity index (χ0v) is 11.2. The number of carboxylic acids is 1. The number of carbonyl (C=O) groups is 2. The van der Waals surface area contributed by atoms with Gasteiger partial charge in [0.25, 0.3) is 0 Å². The number of hydrogen-bond acceptors (Lipinski definition) is 3. The van der Waals surface area contributed by atoms with Crippen LogP contribution in [-0.4, -0.2) is 23.0 Å². The normalized spacial score (nSPS) is 13.6. The summed E-state index contributed by atoms with van der Waals surface area (Å²) in [5.74, 6) is -1.40. The van der Waals surface area contributed by atoms with Gasteiger partial charge in [-0.3, -0.25) is 4.79 Å². The van der Waals surface area contributed by atoms with E-state index in [0.717, 1.165) is 5.56 Å². The SMILES string of the molecule is CCC(C)[C@H](NC(=O)Cc1ccc(N)cc1)C(=O)O. The van der Waals surface area contributed by atoms with Crippen molar-refractivity contribution >= 4 is 17.6 Å². The predicted octanol–water partition coefficient (Wildman–Crippen LogP) is 1.43. The van der Waals surface area contributed by atoms with Crippen LogP contribution in [0.4, 0.5) is 5.69 Å².